The van der Waals surface area contributed by atoms with Crippen LogP contribution in [0.4, 0.5) is 0 Å². The first-order chi connectivity index (χ1) is 7.25. The molecule has 0 spiro atoms. The van der Waals surface area contributed by atoms with Gasteiger partial charge in [-0.2, -0.15) is 0 Å². The lowest BCUT2D eigenvalue weighted by Crippen LogP contribution is -2.50. The number of piperazine rings is 1. The highest BCUT2D eigenvalue weighted by atomic mass is 32.1. The van der Waals surface area contributed by atoms with Crippen LogP contribution in [0.15, 0.2) is 5.51 Å². The maximum atomic E-state index is 4.24. The van der Waals surface area contributed by atoms with E-state index in [-0.39, 0.29) is 0 Å². The number of aryl methyl sites for hydroxylation is 1. The second kappa shape index (κ2) is 5.03. The third-order valence-electron chi connectivity index (χ3n) is 2.81. The van der Waals surface area contributed by atoms with E-state index in [9.17, 15) is 0 Å². The zero-order valence-electron chi connectivity index (χ0n) is 9.36. The van der Waals surface area contributed by atoms with Gasteiger partial charge in [-0.1, -0.05) is 0 Å². The molecule has 84 valence electrons. The summed E-state index contributed by atoms with van der Waals surface area (Å²) in [5, 5.41) is 2.30. The Morgan fingerprint density at radius 2 is 2.13 bits per heavy atom. The molecule has 1 fully saturated rings. The minimum atomic E-state index is 0.917. The van der Waals surface area contributed by atoms with E-state index in [2.05, 4.69) is 34.3 Å². The average molecular weight is 226 g/mol. The van der Waals surface area contributed by atoms with Crippen LogP contribution in [0.1, 0.15) is 10.6 Å². The quantitative estimate of drug-likeness (QED) is 0.822. The number of nitrogens with zero attached hydrogens (tertiary/aromatic N) is 3. The SMILES string of the molecule is Cc1ncsc1CNN1CCN(C)CC1. The maximum absolute atomic E-state index is 4.24. The zero-order chi connectivity index (χ0) is 10.7. The molecule has 2 rings (SSSR count). The van der Waals surface area contributed by atoms with E-state index in [4.69, 9.17) is 0 Å². The molecule has 4 nitrogen and oxygen atoms in total. The van der Waals surface area contributed by atoms with Gasteiger partial charge in [0.15, 0.2) is 0 Å². The van der Waals surface area contributed by atoms with Gasteiger partial charge in [-0.25, -0.2) is 15.4 Å². The molecule has 0 saturated carbocycles. The average Bonchev–Trinajstić information content (AvgIpc) is 2.63. The van der Waals surface area contributed by atoms with Crippen LogP contribution in [-0.4, -0.2) is 48.1 Å². The van der Waals surface area contributed by atoms with Crippen molar-refractivity contribution in [3.63, 3.8) is 0 Å². The molecule has 1 N–H and O–H groups in total. The van der Waals surface area contributed by atoms with E-state index in [0.717, 1.165) is 38.4 Å². The van der Waals surface area contributed by atoms with Crippen LogP contribution in [0, 0.1) is 6.92 Å². The lowest BCUT2D eigenvalue weighted by molar-refractivity contribution is 0.102. The number of thiazole rings is 1. The van der Waals surface area contributed by atoms with Gasteiger partial charge >= 0.3 is 0 Å². The Bertz CT molecular complexity index is 304. The van der Waals surface area contributed by atoms with E-state index in [1.54, 1.807) is 11.3 Å². The molecular formula is C10H18N4S. The van der Waals surface area contributed by atoms with E-state index >= 15 is 0 Å². The van der Waals surface area contributed by atoms with Crippen LogP contribution in [0.2, 0.25) is 0 Å². The second-order valence-electron chi connectivity index (χ2n) is 3.99. The predicted molar refractivity (Wildman–Crippen MR) is 62.8 cm³/mol. The topological polar surface area (TPSA) is 31.4 Å². The van der Waals surface area contributed by atoms with E-state index in [0.29, 0.717) is 0 Å². The third kappa shape index (κ3) is 2.98. The summed E-state index contributed by atoms with van der Waals surface area (Å²) >= 11 is 1.73. The van der Waals surface area contributed by atoms with Crippen molar-refractivity contribution in [2.24, 2.45) is 0 Å². The summed E-state index contributed by atoms with van der Waals surface area (Å²) < 4.78 is 0. The molecule has 0 amide bonds. The standard InChI is InChI=1S/C10H18N4S/c1-9-10(15-8-11-9)7-12-14-5-3-13(2)4-6-14/h8,12H,3-7H2,1-2H3. The van der Waals surface area contributed by atoms with Gasteiger partial charge in [0.1, 0.15) is 0 Å². The molecule has 0 unspecified atom stereocenters. The van der Waals surface area contributed by atoms with Gasteiger partial charge < -0.3 is 4.90 Å². The Hall–Kier alpha value is -0.490. The molecule has 1 aromatic heterocycles. The van der Waals surface area contributed by atoms with Crippen molar-refractivity contribution in [3.8, 4) is 0 Å². The summed E-state index contributed by atoms with van der Waals surface area (Å²) in [4.78, 5) is 7.94. The molecule has 1 aliphatic heterocycles. The lowest BCUT2D eigenvalue weighted by Gasteiger charge is -2.32. The molecule has 0 bridgehead atoms. The van der Waals surface area contributed by atoms with Crippen LogP contribution in [-0.2, 0) is 6.54 Å². The fourth-order valence-electron chi connectivity index (χ4n) is 1.64. The van der Waals surface area contributed by atoms with Gasteiger partial charge in [-0.3, -0.25) is 0 Å². The zero-order valence-corrected chi connectivity index (χ0v) is 10.2. The van der Waals surface area contributed by atoms with Crippen LogP contribution in [0.5, 0.6) is 0 Å². The Morgan fingerprint density at radius 1 is 1.40 bits per heavy atom. The minimum Gasteiger partial charge on any atom is -0.304 e. The number of likely N-dealkylation sites (N-methyl/N-ethyl adjacent to an activating group) is 1. The first-order valence-corrected chi connectivity index (χ1v) is 6.19. The molecule has 1 aromatic rings. The minimum absolute atomic E-state index is 0.917. The van der Waals surface area contributed by atoms with Crippen molar-refractivity contribution in [2.45, 2.75) is 13.5 Å². The van der Waals surface area contributed by atoms with Gasteiger partial charge in [0.25, 0.3) is 0 Å². The summed E-state index contributed by atoms with van der Waals surface area (Å²) in [6.07, 6.45) is 0. The molecule has 0 aromatic carbocycles. The van der Waals surface area contributed by atoms with E-state index in [1.807, 2.05) is 5.51 Å². The Kier molecular flexibility index (Phi) is 3.69. The highest BCUT2D eigenvalue weighted by Crippen LogP contribution is 2.11. The van der Waals surface area contributed by atoms with Crippen molar-refractivity contribution in [1.29, 1.82) is 0 Å². The van der Waals surface area contributed by atoms with Gasteiger partial charge in [0.05, 0.1) is 11.2 Å². The van der Waals surface area contributed by atoms with E-state index in [1.165, 1.54) is 4.88 Å². The molecule has 0 radical (unpaired) electrons. The molecular weight excluding hydrogens is 208 g/mol. The normalized spacial score (nSPS) is 19.6. The predicted octanol–water partition coefficient (Wildman–Crippen LogP) is 0.704. The molecule has 1 aliphatic rings. The number of hydrazine groups is 1. The fraction of sp³-hybridized carbons (Fsp3) is 0.700. The molecule has 0 atom stereocenters. The molecule has 1 saturated heterocycles. The second-order valence-corrected chi connectivity index (χ2v) is 4.93. The smallest absolute Gasteiger partial charge is 0.0798 e. The van der Waals surface area contributed by atoms with Crippen molar-refractivity contribution in [2.75, 3.05) is 33.2 Å². The highest BCUT2D eigenvalue weighted by Gasteiger charge is 2.13. The number of hydrogen-bond donors (Lipinski definition) is 1. The largest absolute Gasteiger partial charge is 0.304 e. The molecule has 15 heavy (non-hydrogen) atoms. The Labute approximate surface area is 94.9 Å². The first kappa shape index (κ1) is 11.0. The number of nitrogens with one attached hydrogen (secondary N) is 1. The van der Waals surface area contributed by atoms with Crippen LogP contribution >= 0.6 is 11.3 Å². The molecule has 5 heteroatoms. The van der Waals surface area contributed by atoms with Crippen molar-refractivity contribution >= 4 is 11.3 Å². The van der Waals surface area contributed by atoms with Crippen molar-refractivity contribution < 1.29 is 0 Å². The van der Waals surface area contributed by atoms with E-state index < -0.39 is 0 Å². The summed E-state index contributed by atoms with van der Waals surface area (Å²) in [6, 6.07) is 0. The Balaban J connectivity index is 1.77. The Morgan fingerprint density at radius 3 is 2.73 bits per heavy atom. The molecule has 2 heterocycles. The highest BCUT2D eigenvalue weighted by molar-refractivity contribution is 7.09. The van der Waals surface area contributed by atoms with Crippen LogP contribution < -0.4 is 5.43 Å². The maximum Gasteiger partial charge on any atom is 0.0798 e. The number of hydrogen-bond acceptors (Lipinski definition) is 5. The van der Waals surface area contributed by atoms with Crippen molar-refractivity contribution in [3.05, 3.63) is 16.1 Å². The summed E-state index contributed by atoms with van der Waals surface area (Å²) in [5.74, 6) is 0. The van der Waals surface area contributed by atoms with Gasteiger partial charge in [-0.15, -0.1) is 11.3 Å². The fourth-order valence-corrected chi connectivity index (χ4v) is 2.35. The van der Waals surface area contributed by atoms with Crippen LogP contribution in [0.3, 0.4) is 0 Å². The number of rotatable bonds is 3. The summed E-state index contributed by atoms with van der Waals surface area (Å²) in [7, 11) is 2.17. The van der Waals surface area contributed by atoms with Gasteiger partial charge in [0.2, 0.25) is 0 Å². The first-order valence-electron chi connectivity index (χ1n) is 5.31. The van der Waals surface area contributed by atoms with Crippen LogP contribution in [0.25, 0.3) is 0 Å². The number of aromatic nitrogens is 1. The van der Waals surface area contributed by atoms with Gasteiger partial charge in [0, 0.05) is 37.6 Å². The third-order valence-corrected chi connectivity index (χ3v) is 3.75. The summed E-state index contributed by atoms with van der Waals surface area (Å²) in [5.41, 5.74) is 6.53. The lowest BCUT2D eigenvalue weighted by atomic mass is 10.4. The summed E-state index contributed by atoms with van der Waals surface area (Å²) in [6.45, 7) is 7.49. The monoisotopic (exact) mass is 226 g/mol. The molecule has 0 aliphatic carbocycles. The van der Waals surface area contributed by atoms with Crippen molar-refractivity contribution in [1.82, 2.24) is 20.3 Å². The van der Waals surface area contributed by atoms with Gasteiger partial charge in [-0.05, 0) is 14.0 Å².